The van der Waals surface area contributed by atoms with Crippen LogP contribution in [0.2, 0.25) is 0 Å². The van der Waals surface area contributed by atoms with Gasteiger partial charge in [0, 0.05) is 13.2 Å². The summed E-state index contributed by atoms with van der Waals surface area (Å²) in [5.74, 6) is 0.334. The van der Waals surface area contributed by atoms with E-state index < -0.39 is 4.92 Å². The van der Waals surface area contributed by atoms with Crippen LogP contribution in [0, 0.1) is 10.1 Å². The molecular formula is C14H16N4O3. The van der Waals surface area contributed by atoms with Crippen LogP contribution < -0.4 is 5.32 Å². The SMILES string of the molecule is CCOC(CNc1ncc([N+](=O)[O-])cn1)c1ccccc1. The van der Waals surface area contributed by atoms with Gasteiger partial charge in [-0.05, 0) is 12.5 Å². The Morgan fingerprint density at radius 2 is 1.95 bits per heavy atom. The fourth-order valence-electron chi connectivity index (χ4n) is 1.83. The molecule has 1 N–H and O–H groups in total. The van der Waals surface area contributed by atoms with Gasteiger partial charge in [-0.1, -0.05) is 30.3 Å². The molecule has 2 rings (SSSR count). The summed E-state index contributed by atoms with van der Waals surface area (Å²) in [5.41, 5.74) is 0.915. The number of hydrogen-bond donors (Lipinski definition) is 1. The predicted molar refractivity (Wildman–Crippen MR) is 78.0 cm³/mol. The lowest BCUT2D eigenvalue weighted by Gasteiger charge is -2.17. The fourth-order valence-corrected chi connectivity index (χ4v) is 1.83. The molecule has 7 heteroatoms. The molecule has 7 nitrogen and oxygen atoms in total. The summed E-state index contributed by atoms with van der Waals surface area (Å²) in [6, 6.07) is 9.81. The first kappa shape index (κ1) is 14.9. The van der Waals surface area contributed by atoms with Gasteiger partial charge in [0.2, 0.25) is 5.95 Å². The Hall–Kier alpha value is -2.54. The normalized spacial score (nSPS) is 11.9. The highest BCUT2D eigenvalue weighted by Gasteiger charge is 2.12. The molecule has 0 radical (unpaired) electrons. The summed E-state index contributed by atoms with van der Waals surface area (Å²) in [6.07, 6.45) is 2.22. The molecule has 0 spiro atoms. The predicted octanol–water partition coefficient (Wildman–Crippen LogP) is 2.57. The van der Waals surface area contributed by atoms with Crippen LogP contribution in [0.5, 0.6) is 0 Å². The molecular weight excluding hydrogens is 272 g/mol. The lowest BCUT2D eigenvalue weighted by atomic mass is 10.1. The molecule has 0 aliphatic rings. The molecule has 1 aromatic carbocycles. The first-order chi connectivity index (χ1) is 10.2. The lowest BCUT2D eigenvalue weighted by Crippen LogP contribution is -2.17. The highest BCUT2D eigenvalue weighted by Crippen LogP contribution is 2.17. The van der Waals surface area contributed by atoms with Crippen LogP contribution in [0.3, 0.4) is 0 Å². The Labute approximate surface area is 122 Å². The Bertz CT molecular complexity index is 575. The standard InChI is InChI=1S/C14H16N4O3/c1-2-21-13(11-6-4-3-5-7-11)10-17-14-15-8-12(9-16-14)18(19)20/h3-9,13H,2,10H2,1H3,(H,15,16,17). The zero-order valence-corrected chi connectivity index (χ0v) is 11.6. The molecule has 0 saturated carbocycles. The van der Waals surface area contributed by atoms with E-state index >= 15 is 0 Å². The molecule has 1 heterocycles. The minimum absolute atomic E-state index is 0.130. The molecule has 0 bridgehead atoms. The summed E-state index contributed by atoms with van der Waals surface area (Å²) in [6.45, 7) is 3.00. The molecule has 21 heavy (non-hydrogen) atoms. The summed E-state index contributed by atoms with van der Waals surface area (Å²) in [4.78, 5) is 17.8. The Kier molecular flexibility index (Phi) is 5.16. The number of benzene rings is 1. The second-order valence-electron chi connectivity index (χ2n) is 4.26. The van der Waals surface area contributed by atoms with Crippen molar-refractivity contribution in [1.82, 2.24) is 9.97 Å². The zero-order chi connectivity index (χ0) is 15.1. The monoisotopic (exact) mass is 288 g/mol. The first-order valence-electron chi connectivity index (χ1n) is 6.57. The van der Waals surface area contributed by atoms with E-state index in [-0.39, 0.29) is 11.8 Å². The van der Waals surface area contributed by atoms with Gasteiger partial charge < -0.3 is 10.1 Å². The largest absolute Gasteiger partial charge is 0.372 e. The molecule has 1 unspecified atom stereocenters. The number of rotatable bonds is 7. The van der Waals surface area contributed by atoms with Crippen molar-refractivity contribution < 1.29 is 9.66 Å². The molecule has 0 aliphatic carbocycles. The number of hydrogen-bond acceptors (Lipinski definition) is 6. The van der Waals surface area contributed by atoms with Gasteiger partial charge in [-0.25, -0.2) is 9.97 Å². The topological polar surface area (TPSA) is 90.2 Å². The van der Waals surface area contributed by atoms with Gasteiger partial charge in [-0.2, -0.15) is 0 Å². The van der Waals surface area contributed by atoms with Crippen molar-refractivity contribution in [1.29, 1.82) is 0 Å². The summed E-state index contributed by atoms with van der Waals surface area (Å²) < 4.78 is 5.69. The smallest absolute Gasteiger partial charge is 0.305 e. The Morgan fingerprint density at radius 1 is 1.29 bits per heavy atom. The third kappa shape index (κ3) is 4.22. The maximum Gasteiger partial charge on any atom is 0.305 e. The van der Waals surface area contributed by atoms with Crippen LogP contribution in [-0.4, -0.2) is 28.0 Å². The van der Waals surface area contributed by atoms with E-state index in [4.69, 9.17) is 4.74 Å². The van der Waals surface area contributed by atoms with Crippen LogP contribution in [0.4, 0.5) is 11.6 Å². The number of ether oxygens (including phenoxy) is 1. The summed E-state index contributed by atoms with van der Waals surface area (Å²) in [7, 11) is 0. The van der Waals surface area contributed by atoms with E-state index in [1.54, 1.807) is 0 Å². The lowest BCUT2D eigenvalue weighted by molar-refractivity contribution is -0.385. The van der Waals surface area contributed by atoms with Crippen molar-refractivity contribution in [3.05, 3.63) is 58.4 Å². The number of nitrogens with one attached hydrogen (secondary N) is 1. The van der Waals surface area contributed by atoms with Crippen LogP contribution in [0.25, 0.3) is 0 Å². The van der Waals surface area contributed by atoms with E-state index in [0.717, 1.165) is 5.56 Å². The van der Waals surface area contributed by atoms with Crippen LogP contribution >= 0.6 is 0 Å². The van der Waals surface area contributed by atoms with Gasteiger partial charge >= 0.3 is 5.69 Å². The van der Waals surface area contributed by atoms with Gasteiger partial charge in [0.25, 0.3) is 0 Å². The van der Waals surface area contributed by atoms with Crippen molar-refractivity contribution in [2.24, 2.45) is 0 Å². The second-order valence-corrected chi connectivity index (χ2v) is 4.26. The van der Waals surface area contributed by atoms with Crippen molar-refractivity contribution >= 4 is 11.6 Å². The molecule has 0 saturated heterocycles. The van der Waals surface area contributed by atoms with E-state index in [1.165, 1.54) is 12.4 Å². The molecule has 0 amide bonds. The van der Waals surface area contributed by atoms with E-state index in [0.29, 0.717) is 19.1 Å². The average molecular weight is 288 g/mol. The van der Waals surface area contributed by atoms with Crippen molar-refractivity contribution in [3.8, 4) is 0 Å². The third-order valence-corrected chi connectivity index (χ3v) is 2.83. The highest BCUT2D eigenvalue weighted by molar-refractivity contribution is 5.31. The molecule has 0 fully saturated rings. The molecule has 0 aliphatic heterocycles. The van der Waals surface area contributed by atoms with Crippen LogP contribution in [0.15, 0.2) is 42.7 Å². The second kappa shape index (κ2) is 7.30. The van der Waals surface area contributed by atoms with Crippen LogP contribution in [0.1, 0.15) is 18.6 Å². The molecule has 1 aromatic heterocycles. The minimum atomic E-state index is -0.531. The van der Waals surface area contributed by atoms with Crippen molar-refractivity contribution in [3.63, 3.8) is 0 Å². The highest BCUT2D eigenvalue weighted by atomic mass is 16.6. The van der Waals surface area contributed by atoms with Gasteiger partial charge in [-0.3, -0.25) is 10.1 Å². The number of aromatic nitrogens is 2. The van der Waals surface area contributed by atoms with Crippen molar-refractivity contribution in [2.75, 3.05) is 18.5 Å². The molecule has 2 aromatic rings. The minimum Gasteiger partial charge on any atom is -0.372 e. The third-order valence-electron chi connectivity index (χ3n) is 2.83. The van der Waals surface area contributed by atoms with Crippen molar-refractivity contribution in [2.45, 2.75) is 13.0 Å². The number of anilines is 1. The van der Waals surface area contributed by atoms with Gasteiger partial charge in [0.15, 0.2) is 0 Å². The number of nitro groups is 1. The zero-order valence-electron chi connectivity index (χ0n) is 11.6. The van der Waals surface area contributed by atoms with E-state index in [9.17, 15) is 10.1 Å². The van der Waals surface area contributed by atoms with Gasteiger partial charge in [0.1, 0.15) is 12.4 Å². The molecule has 1 atom stereocenters. The maximum atomic E-state index is 10.5. The summed E-state index contributed by atoms with van der Waals surface area (Å²) in [5, 5.41) is 13.6. The van der Waals surface area contributed by atoms with Gasteiger partial charge in [-0.15, -0.1) is 0 Å². The Morgan fingerprint density at radius 3 is 2.52 bits per heavy atom. The fraction of sp³-hybridized carbons (Fsp3) is 0.286. The number of nitrogens with zero attached hydrogens (tertiary/aromatic N) is 3. The maximum absolute atomic E-state index is 10.5. The van der Waals surface area contributed by atoms with Crippen LogP contribution in [-0.2, 0) is 4.74 Å². The first-order valence-corrected chi connectivity index (χ1v) is 6.57. The van der Waals surface area contributed by atoms with E-state index in [1.807, 2.05) is 37.3 Å². The quantitative estimate of drug-likeness (QED) is 0.622. The van der Waals surface area contributed by atoms with E-state index in [2.05, 4.69) is 15.3 Å². The molecule has 110 valence electrons. The summed E-state index contributed by atoms with van der Waals surface area (Å²) >= 11 is 0. The Balaban J connectivity index is 2.00. The average Bonchev–Trinajstić information content (AvgIpc) is 2.52. The van der Waals surface area contributed by atoms with Gasteiger partial charge in [0.05, 0.1) is 11.0 Å².